The Balaban J connectivity index is 1.66. The van der Waals surface area contributed by atoms with E-state index in [1.54, 1.807) is 0 Å². The summed E-state index contributed by atoms with van der Waals surface area (Å²) in [6, 6.07) is 3.78. The lowest BCUT2D eigenvalue weighted by Gasteiger charge is -2.22. The number of halogens is 2. The smallest absolute Gasteiger partial charge is 0.220 e. The number of benzene rings is 1. The molecule has 0 spiro atoms. The molecule has 2 aliphatic heterocycles. The van der Waals surface area contributed by atoms with Crippen LogP contribution in [0.4, 0.5) is 0 Å². The summed E-state index contributed by atoms with van der Waals surface area (Å²) in [6.07, 6.45) is 8.39. The van der Waals surface area contributed by atoms with E-state index in [-0.39, 0.29) is 18.2 Å². The van der Waals surface area contributed by atoms with Gasteiger partial charge in [-0.25, -0.2) is 4.68 Å². The van der Waals surface area contributed by atoms with Crippen molar-refractivity contribution in [2.24, 2.45) is 0 Å². The molecule has 4 heterocycles. The van der Waals surface area contributed by atoms with Gasteiger partial charge in [0.2, 0.25) is 5.91 Å². The first kappa shape index (κ1) is 19.9. The average molecular weight is 447 g/mol. The van der Waals surface area contributed by atoms with Crippen LogP contribution in [0.5, 0.6) is 0 Å². The molecule has 8 heteroatoms. The first-order chi connectivity index (χ1) is 14.6. The van der Waals surface area contributed by atoms with Gasteiger partial charge in [-0.05, 0) is 31.7 Å². The first-order valence-electron chi connectivity index (χ1n) is 10.5. The molecule has 6 nitrogen and oxygen atoms in total. The monoisotopic (exact) mass is 446 g/mol. The number of aryl methyl sites for hydroxylation is 1. The number of ether oxygens (including phenoxy) is 1. The van der Waals surface area contributed by atoms with Crippen LogP contribution in [0.25, 0.3) is 22.0 Å². The van der Waals surface area contributed by atoms with Crippen molar-refractivity contribution in [1.29, 1.82) is 0 Å². The molecule has 30 heavy (non-hydrogen) atoms. The van der Waals surface area contributed by atoms with E-state index in [0.29, 0.717) is 16.5 Å². The summed E-state index contributed by atoms with van der Waals surface area (Å²) in [4.78, 5) is 12.2. The van der Waals surface area contributed by atoms with Gasteiger partial charge in [0.15, 0.2) is 0 Å². The van der Waals surface area contributed by atoms with Gasteiger partial charge in [-0.15, -0.1) is 0 Å². The minimum absolute atomic E-state index is 0.0250. The molecule has 3 aromatic rings. The molecule has 1 amide bonds. The van der Waals surface area contributed by atoms with E-state index in [1.165, 1.54) is 0 Å². The standard InChI is InChI=1S/C22H24Cl2N4O2/c1-2-17(29)26-16-8-9-27-21-14(6-7-15(23)20(21)24)19(22(16)27)13-11-25-28(12-13)18-5-3-4-10-30-18/h6-7,11-12,16,18H,2-5,8-10H2,1H3,(H,26,29). The molecule has 0 aliphatic carbocycles. The van der Waals surface area contributed by atoms with Crippen LogP contribution in [0.15, 0.2) is 24.5 Å². The Morgan fingerprint density at radius 2 is 2.17 bits per heavy atom. The van der Waals surface area contributed by atoms with Crippen molar-refractivity contribution in [3.05, 3.63) is 40.3 Å². The summed E-state index contributed by atoms with van der Waals surface area (Å²) in [5.74, 6) is 0.0417. The Labute approximate surface area is 185 Å². The lowest BCUT2D eigenvalue weighted by Crippen LogP contribution is -2.26. The third-order valence-electron chi connectivity index (χ3n) is 6.12. The summed E-state index contributed by atoms with van der Waals surface area (Å²) in [7, 11) is 0. The molecule has 1 N–H and O–H groups in total. The maximum absolute atomic E-state index is 12.2. The summed E-state index contributed by atoms with van der Waals surface area (Å²) in [6.45, 7) is 3.41. The van der Waals surface area contributed by atoms with Gasteiger partial charge in [-0.3, -0.25) is 4.79 Å². The molecule has 158 valence electrons. The average Bonchev–Trinajstić information content (AvgIpc) is 3.47. The Hall–Kier alpha value is -2.02. The van der Waals surface area contributed by atoms with Gasteiger partial charge in [0.25, 0.3) is 0 Å². The molecule has 1 aromatic carbocycles. The van der Waals surface area contributed by atoms with E-state index in [1.807, 2.05) is 36.1 Å². The second kappa shape index (κ2) is 7.91. The van der Waals surface area contributed by atoms with Crippen LogP contribution in [0.2, 0.25) is 10.0 Å². The Morgan fingerprint density at radius 3 is 2.93 bits per heavy atom. The zero-order valence-electron chi connectivity index (χ0n) is 16.8. The van der Waals surface area contributed by atoms with Crippen molar-refractivity contribution in [3.63, 3.8) is 0 Å². The number of nitrogens with zero attached hydrogens (tertiary/aromatic N) is 3. The van der Waals surface area contributed by atoms with E-state index in [2.05, 4.69) is 15.0 Å². The maximum Gasteiger partial charge on any atom is 0.220 e. The van der Waals surface area contributed by atoms with Gasteiger partial charge >= 0.3 is 0 Å². The van der Waals surface area contributed by atoms with Crippen LogP contribution in [0.3, 0.4) is 0 Å². The third kappa shape index (κ3) is 3.22. The van der Waals surface area contributed by atoms with E-state index in [0.717, 1.165) is 66.6 Å². The number of nitrogens with one attached hydrogen (secondary N) is 1. The number of aromatic nitrogens is 3. The van der Waals surface area contributed by atoms with Crippen molar-refractivity contribution in [2.45, 2.75) is 57.8 Å². The zero-order chi connectivity index (χ0) is 20.8. The molecular weight excluding hydrogens is 423 g/mol. The molecule has 1 saturated heterocycles. The summed E-state index contributed by atoms with van der Waals surface area (Å²) in [5.41, 5.74) is 4.05. The molecule has 2 atom stereocenters. The molecule has 0 radical (unpaired) electrons. The number of amides is 1. The van der Waals surface area contributed by atoms with E-state index in [4.69, 9.17) is 27.9 Å². The van der Waals surface area contributed by atoms with E-state index >= 15 is 0 Å². The fourth-order valence-corrected chi connectivity index (χ4v) is 5.11. The number of rotatable bonds is 4. The van der Waals surface area contributed by atoms with Crippen LogP contribution in [0.1, 0.15) is 57.0 Å². The van der Waals surface area contributed by atoms with Crippen molar-refractivity contribution in [1.82, 2.24) is 19.7 Å². The zero-order valence-corrected chi connectivity index (χ0v) is 18.3. The van der Waals surface area contributed by atoms with Gasteiger partial charge in [0, 0.05) is 48.0 Å². The topological polar surface area (TPSA) is 61.1 Å². The minimum atomic E-state index is -0.0658. The quantitative estimate of drug-likeness (QED) is 0.576. The number of hydrogen-bond acceptors (Lipinski definition) is 3. The maximum atomic E-state index is 12.2. The largest absolute Gasteiger partial charge is 0.357 e. The summed E-state index contributed by atoms with van der Waals surface area (Å²) in [5, 5.41) is 9.88. The second-order valence-corrected chi connectivity index (χ2v) is 8.75. The van der Waals surface area contributed by atoms with Crippen LogP contribution in [-0.4, -0.2) is 26.9 Å². The van der Waals surface area contributed by atoms with E-state index < -0.39 is 0 Å². The normalized spacial score (nSPS) is 21.2. The lowest BCUT2D eigenvalue weighted by atomic mass is 10.0. The Morgan fingerprint density at radius 1 is 1.30 bits per heavy atom. The Bertz CT molecular complexity index is 1110. The van der Waals surface area contributed by atoms with Gasteiger partial charge in [-0.1, -0.05) is 36.2 Å². The van der Waals surface area contributed by atoms with Crippen LogP contribution in [0, 0.1) is 0 Å². The number of carbonyl (C=O) groups excluding carboxylic acids is 1. The summed E-state index contributed by atoms with van der Waals surface area (Å²) >= 11 is 13.0. The van der Waals surface area contributed by atoms with Gasteiger partial charge < -0.3 is 14.6 Å². The first-order valence-corrected chi connectivity index (χ1v) is 11.3. The highest BCUT2D eigenvalue weighted by molar-refractivity contribution is 6.45. The van der Waals surface area contributed by atoms with Gasteiger partial charge in [0.05, 0.1) is 27.8 Å². The number of hydrogen-bond donors (Lipinski definition) is 1. The second-order valence-electron chi connectivity index (χ2n) is 7.96. The summed E-state index contributed by atoms with van der Waals surface area (Å²) < 4.78 is 10.0. The van der Waals surface area contributed by atoms with Gasteiger partial charge in [-0.2, -0.15) is 5.10 Å². The predicted molar refractivity (Wildman–Crippen MR) is 118 cm³/mol. The molecule has 2 unspecified atom stereocenters. The van der Waals surface area contributed by atoms with Crippen molar-refractivity contribution < 1.29 is 9.53 Å². The van der Waals surface area contributed by atoms with Crippen molar-refractivity contribution >= 4 is 40.0 Å². The fraction of sp³-hybridized carbons (Fsp3) is 0.455. The highest BCUT2D eigenvalue weighted by Crippen LogP contribution is 2.46. The van der Waals surface area contributed by atoms with E-state index in [9.17, 15) is 4.79 Å². The molecule has 2 aromatic heterocycles. The SMILES string of the molecule is CCC(=O)NC1CCn2c1c(-c1cnn(C3CCCCO3)c1)c1ccc(Cl)c(Cl)c12. The van der Waals surface area contributed by atoms with Crippen LogP contribution < -0.4 is 5.32 Å². The fourth-order valence-electron chi connectivity index (χ4n) is 4.69. The van der Waals surface area contributed by atoms with Crippen LogP contribution >= 0.6 is 23.2 Å². The predicted octanol–water partition coefficient (Wildman–Crippen LogP) is 5.48. The van der Waals surface area contributed by atoms with Gasteiger partial charge in [0.1, 0.15) is 6.23 Å². The highest BCUT2D eigenvalue weighted by atomic mass is 35.5. The molecule has 0 bridgehead atoms. The molecule has 2 aliphatic rings. The lowest BCUT2D eigenvalue weighted by molar-refractivity contribution is -0.121. The molecule has 0 saturated carbocycles. The minimum Gasteiger partial charge on any atom is -0.357 e. The van der Waals surface area contributed by atoms with Crippen molar-refractivity contribution in [2.75, 3.05) is 6.61 Å². The van der Waals surface area contributed by atoms with Crippen molar-refractivity contribution in [3.8, 4) is 11.1 Å². The van der Waals surface area contributed by atoms with Crippen LogP contribution in [-0.2, 0) is 16.1 Å². The molecular formula is C22H24Cl2N4O2. The molecule has 5 rings (SSSR count). The molecule has 1 fully saturated rings. The Kier molecular flexibility index (Phi) is 5.25. The number of fused-ring (bicyclic) bond motifs is 3. The number of carbonyl (C=O) groups is 1. The highest BCUT2D eigenvalue weighted by Gasteiger charge is 2.33. The third-order valence-corrected chi connectivity index (χ3v) is 6.92.